The van der Waals surface area contributed by atoms with Crippen LogP contribution in [0, 0.1) is 0 Å². The Kier molecular flexibility index (Phi) is 5.59. The molecule has 3 rings (SSSR count). The van der Waals surface area contributed by atoms with Gasteiger partial charge in [-0.2, -0.15) is 5.10 Å². The number of carbonyl (C=O) groups excluding carboxylic acids is 1. The van der Waals surface area contributed by atoms with E-state index in [0.717, 1.165) is 16.0 Å². The molecule has 0 fully saturated rings. The molecule has 1 N–H and O–H groups in total. The Morgan fingerprint density at radius 3 is 2.44 bits per heavy atom. The molecule has 0 saturated carbocycles. The molecule has 1 amide bonds. The Labute approximate surface area is 150 Å². The summed E-state index contributed by atoms with van der Waals surface area (Å²) in [6.07, 6.45) is 0.979. The fourth-order valence-electron chi connectivity index (χ4n) is 2.23. The molecule has 2 aromatic carbocycles. The molecule has 0 aliphatic rings. The number of amides is 1. The van der Waals surface area contributed by atoms with Crippen molar-refractivity contribution in [1.29, 1.82) is 0 Å². The third-order valence-electron chi connectivity index (χ3n) is 3.55. The number of hydrazone groups is 1. The number of ether oxygens (including phenoxy) is 1. The Morgan fingerprint density at radius 1 is 1.04 bits per heavy atom. The zero-order valence-electron chi connectivity index (χ0n) is 13.8. The SMILES string of the molecule is C[C@H](Oc1ccc(-c2ccccc2)cc1)C(=O)N/N=C\c1cccs1. The van der Waals surface area contributed by atoms with E-state index in [1.54, 1.807) is 24.5 Å². The average molecular weight is 350 g/mol. The topological polar surface area (TPSA) is 50.7 Å². The van der Waals surface area contributed by atoms with E-state index in [4.69, 9.17) is 4.74 Å². The standard InChI is InChI=1S/C20H18N2O2S/c1-15(20(23)22-21-14-19-8-5-13-25-19)24-18-11-9-17(10-12-18)16-6-3-2-4-7-16/h2-15H,1H3,(H,22,23)/b21-14-/t15-/m0/s1. The first kappa shape index (κ1) is 16.9. The van der Waals surface area contributed by atoms with Crippen molar-refractivity contribution >= 4 is 23.5 Å². The van der Waals surface area contributed by atoms with Crippen molar-refractivity contribution in [2.24, 2.45) is 5.10 Å². The molecule has 0 unspecified atom stereocenters. The zero-order chi connectivity index (χ0) is 17.5. The number of rotatable bonds is 6. The normalized spacial score (nSPS) is 12.0. The lowest BCUT2D eigenvalue weighted by atomic mass is 10.1. The van der Waals surface area contributed by atoms with Gasteiger partial charge in [0.05, 0.1) is 6.21 Å². The van der Waals surface area contributed by atoms with Crippen molar-refractivity contribution < 1.29 is 9.53 Å². The zero-order valence-corrected chi connectivity index (χ0v) is 14.6. The second-order valence-corrected chi connectivity index (χ2v) is 6.38. The van der Waals surface area contributed by atoms with Crippen LogP contribution in [0.25, 0.3) is 11.1 Å². The maximum atomic E-state index is 12.0. The molecule has 0 aliphatic carbocycles. The summed E-state index contributed by atoms with van der Waals surface area (Å²) in [6, 6.07) is 21.6. The van der Waals surface area contributed by atoms with E-state index in [1.807, 2.05) is 60.0 Å². The fourth-order valence-corrected chi connectivity index (χ4v) is 2.81. The highest BCUT2D eigenvalue weighted by atomic mass is 32.1. The molecule has 0 spiro atoms. The number of hydrogen-bond acceptors (Lipinski definition) is 4. The van der Waals surface area contributed by atoms with Crippen LogP contribution < -0.4 is 10.2 Å². The number of carbonyl (C=O) groups is 1. The van der Waals surface area contributed by atoms with Crippen molar-refractivity contribution in [1.82, 2.24) is 5.43 Å². The lowest BCUT2D eigenvalue weighted by Crippen LogP contribution is -2.33. The predicted molar refractivity (Wildman–Crippen MR) is 102 cm³/mol. The summed E-state index contributed by atoms with van der Waals surface area (Å²) in [5, 5.41) is 5.89. The van der Waals surface area contributed by atoms with Gasteiger partial charge in [0.25, 0.3) is 5.91 Å². The van der Waals surface area contributed by atoms with Gasteiger partial charge >= 0.3 is 0 Å². The van der Waals surface area contributed by atoms with Gasteiger partial charge in [-0.25, -0.2) is 5.43 Å². The van der Waals surface area contributed by atoms with Crippen LogP contribution in [0.15, 0.2) is 77.2 Å². The van der Waals surface area contributed by atoms with Gasteiger partial charge in [0.15, 0.2) is 6.10 Å². The van der Waals surface area contributed by atoms with Gasteiger partial charge in [-0.05, 0) is 41.6 Å². The second-order valence-electron chi connectivity index (χ2n) is 5.40. The van der Waals surface area contributed by atoms with Crippen LogP contribution in [-0.4, -0.2) is 18.2 Å². The molecule has 0 bridgehead atoms. The van der Waals surface area contributed by atoms with E-state index in [2.05, 4.69) is 22.7 Å². The fraction of sp³-hybridized carbons (Fsp3) is 0.100. The third kappa shape index (κ3) is 4.78. The van der Waals surface area contributed by atoms with Gasteiger partial charge in [0, 0.05) is 4.88 Å². The molecule has 3 aromatic rings. The number of thiophene rings is 1. The van der Waals surface area contributed by atoms with E-state index in [-0.39, 0.29) is 5.91 Å². The van der Waals surface area contributed by atoms with Gasteiger partial charge in [0.1, 0.15) is 5.75 Å². The summed E-state index contributed by atoms with van der Waals surface area (Å²) in [7, 11) is 0. The van der Waals surface area contributed by atoms with Gasteiger partial charge in [0.2, 0.25) is 0 Å². The van der Waals surface area contributed by atoms with Crippen molar-refractivity contribution in [3.05, 3.63) is 77.0 Å². The first-order chi connectivity index (χ1) is 12.2. The quantitative estimate of drug-likeness (QED) is 0.531. The Morgan fingerprint density at radius 2 is 1.76 bits per heavy atom. The largest absolute Gasteiger partial charge is 0.481 e. The molecule has 1 atom stereocenters. The van der Waals surface area contributed by atoms with Crippen LogP contribution in [0.2, 0.25) is 0 Å². The Hall–Kier alpha value is -2.92. The summed E-state index contributed by atoms with van der Waals surface area (Å²) >= 11 is 1.55. The minimum Gasteiger partial charge on any atom is -0.481 e. The van der Waals surface area contributed by atoms with E-state index >= 15 is 0 Å². The predicted octanol–water partition coefficient (Wildman–Crippen LogP) is 4.33. The maximum Gasteiger partial charge on any atom is 0.280 e. The number of nitrogens with zero attached hydrogens (tertiary/aromatic N) is 1. The Balaban J connectivity index is 1.55. The number of hydrogen-bond donors (Lipinski definition) is 1. The molecule has 0 aliphatic heterocycles. The van der Waals surface area contributed by atoms with Gasteiger partial charge < -0.3 is 4.74 Å². The summed E-state index contributed by atoms with van der Waals surface area (Å²) in [5.41, 5.74) is 4.73. The van der Waals surface area contributed by atoms with Crippen LogP contribution in [0.3, 0.4) is 0 Å². The molecule has 0 saturated heterocycles. The molecule has 1 aromatic heterocycles. The number of benzene rings is 2. The van der Waals surface area contributed by atoms with Crippen LogP contribution in [0.1, 0.15) is 11.8 Å². The van der Waals surface area contributed by atoms with E-state index in [1.165, 1.54) is 0 Å². The Bertz CT molecular complexity index is 828. The van der Waals surface area contributed by atoms with Gasteiger partial charge in [-0.15, -0.1) is 11.3 Å². The molecule has 4 nitrogen and oxygen atoms in total. The highest BCUT2D eigenvalue weighted by Gasteiger charge is 2.13. The minimum atomic E-state index is -0.636. The van der Waals surface area contributed by atoms with Crippen molar-refractivity contribution in [2.45, 2.75) is 13.0 Å². The first-order valence-electron chi connectivity index (χ1n) is 7.91. The van der Waals surface area contributed by atoms with Crippen LogP contribution in [-0.2, 0) is 4.79 Å². The van der Waals surface area contributed by atoms with Crippen molar-refractivity contribution in [2.75, 3.05) is 0 Å². The van der Waals surface area contributed by atoms with Crippen molar-refractivity contribution in [3.8, 4) is 16.9 Å². The van der Waals surface area contributed by atoms with Crippen LogP contribution >= 0.6 is 11.3 Å². The monoisotopic (exact) mass is 350 g/mol. The summed E-state index contributed by atoms with van der Waals surface area (Å²) in [6.45, 7) is 1.70. The average Bonchev–Trinajstić information content (AvgIpc) is 3.16. The first-order valence-corrected chi connectivity index (χ1v) is 8.79. The highest BCUT2D eigenvalue weighted by molar-refractivity contribution is 7.11. The lowest BCUT2D eigenvalue weighted by Gasteiger charge is -2.13. The maximum absolute atomic E-state index is 12.0. The summed E-state index contributed by atoms with van der Waals surface area (Å²) < 4.78 is 5.67. The third-order valence-corrected chi connectivity index (χ3v) is 4.36. The summed E-state index contributed by atoms with van der Waals surface area (Å²) in [5.74, 6) is 0.351. The lowest BCUT2D eigenvalue weighted by molar-refractivity contribution is -0.127. The van der Waals surface area contributed by atoms with E-state index < -0.39 is 6.10 Å². The van der Waals surface area contributed by atoms with Gasteiger partial charge in [-0.3, -0.25) is 4.79 Å². The van der Waals surface area contributed by atoms with E-state index in [0.29, 0.717) is 5.75 Å². The molecule has 126 valence electrons. The molecular formula is C20H18N2O2S. The second kappa shape index (κ2) is 8.26. The van der Waals surface area contributed by atoms with Crippen LogP contribution in [0.5, 0.6) is 5.75 Å². The number of nitrogens with one attached hydrogen (secondary N) is 1. The summed E-state index contributed by atoms with van der Waals surface area (Å²) in [4.78, 5) is 13.0. The molecule has 25 heavy (non-hydrogen) atoms. The molecular weight excluding hydrogens is 332 g/mol. The highest BCUT2D eigenvalue weighted by Crippen LogP contribution is 2.22. The molecule has 1 heterocycles. The molecule has 5 heteroatoms. The van der Waals surface area contributed by atoms with Crippen molar-refractivity contribution in [3.63, 3.8) is 0 Å². The molecule has 0 radical (unpaired) electrons. The van der Waals surface area contributed by atoms with Crippen LogP contribution in [0.4, 0.5) is 0 Å². The van der Waals surface area contributed by atoms with E-state index in [9.17, 15) is 4.79 Å². The smallest absolute Gasteiger partial charge is 0.280 e. The van der Waals surface area contributed by atoms with Gasteiger partial charge in [-0.1, -0.05) is 48.5 Å². The minimum absolute atomic E-state index is 0.292.